The van der Waals surface area contributed by atoms with Crippen molar-refractivity contribution in [2.24, 2.45) is 5.92 Å². The minimum atomic E-state index is -4.57. The highest BCUT2D eigenvalue weighted by atomic mass is 19.4. The number of carboxylic acids is 1. The summed E-state index contributed by atoms with van der Waals surface area (Å²) in [5.74, 6) is -1.59. The number of carbonyl (C=O) groups is 2. The number of nitrogens with zero attached hydrogens (tertiary/aromatic N) is 1. The standard InChI is InChI=1S/C17H20F3NO3/c1-10(2)15(22)21-7-5-11(6-8-21)13-4-3-12(17(18,19)20)9-14(13)16(23)24/h3-4,9-11H,5-8H2,1-2H3,(H,23,24). The van der Waals surface area contributed by atoms with Gasteiger partial charge in [-0.05, 0) is 36.5 Å². The molecule has 0 aliphatic carbocycles. The summed E-state index contributed by atoms with van der Waals surface area (Å²) in [6, 6.07) is 2.88. The highest BCUT2D eigenvalue weighted by Crippen LogP contribution is 2.35. The molecule has 1 amide bonds. The van der Waals surface area contributed by atoms with Crippen LogP contribution < -0.4 is 0 Å². The first kappa shape index (κ1) is 18.3. The van der Waals surface area contributed by atoms with Gasteiger partial charge < -0.3 is 10.0 Å². The van der Waals surface area contributed by atoms with Crippen LogP contribution in [0.15, 0.2) is 18.2 Å². The quantitative estimate of drug-likeness (QED) is 0.909. The van der Waals surface area contributed by atoms with Crippen LogP contribution in [-0.4, -0.2) is 35.0 Å². The van der Waals surface area contributed by atoms with Gasteiger partial charge in [-0.2, -0.15) is 13.2 Å². The first-order valence-electron chi connectivity index (χ1n) is 7.84. The summed E-state index contributed by atoms with van der Waals surface area (Å²) in [5.41, 5.74) is -0.860. The van der Waals surface area contributed by atoms with Crippen LogP contribution in [0.3, 0.4) is 0 Å². The lowest BCUT2D eigenvalue weighted by Crippen LogP contribution is -2.40. The van der Waals surface area contributed by atoms with Crippen LogP contribution in [-0.2, 0) is 11.0 Å². The third kappa shape index (κ3) is 3.88. The molecular formula is C17H20F3NO3. The molecule has 0 atom stereocenters. The van der Waals surface area contributed by atoms with Crippen molar-refractivity contribution in [2.75, 3.05) is 13.1 Å². The van der Waals surface area contributed by atoms with Gasteiger partial charge in [0, 0.05) is 19.0 Å². The maximum absolute atomic E-state index is 12.8. The molecule has 1 aromatic rings. The molecule has 0 spiro atoms. The maximum atomic E-state index is 12.8. The number of alkyl halides is 3. The Labute approximate surface area is 138 Å². The van der Waals surface area contributed by atoms with Crippen molar-refractivity contribution in [3.63, 3.8) is 0 Å². The van der Waals surface area contributed by atoms with Gasteiger partial charge in [0.15, 0.2) is 0 Å². The molecule has 0 saturated carbocycles. The van der Waals surface area contributed by atoms with Crippen LogP contribution in [0.4, 0.5) is 13.2 Å². The smallest absolute Gasteiger partial charge is 0.416 e. The van der Waals surface area contributed by atoms with Gasteiger partial charge >= 0.3 is 12.1 Å². The van der Waals surface area contributed by atoms with E-state index in [1.54, 1.807) is 4.90 Å². The SMILES string of the molecule is CC(C)C(=O)N1CCC(c2ccc(C(F)(F)F)cc2C(=O)O)CC1. The molecule has 0 unspecified atom stereocenters. The molecule has 24 heavy (non-hydrogen) atoms. The molecule has 1 heterocycles. The van der Waals surface area contributed by atoms with E-state index in [4.69, 9.17) is 0 Å². The summed E-state index contributed by atoms with van der Waals surface area (Å²) >= 11 is 0. The number of likely N-dealkylation sites (tertiary alicyclic amines) is 1. The van der Waals surface area contributed by atoms with Gasteiger partial charge in [0.25, 0.3) is 0 Å². The lowest BCUT2D eigenvalue weighted by molar-refractivity contribution is -0.138. The number of benzene rings is 1. The summed E-state index contributed by atoms with van der Waals surface area (Å²) in [5, 5.41) is 9.27. The summed E-state index contributed by atoms with van der Waals surface area (Å²) in [4.78, 5) is 25.1. The fraction of sp³-hybridized carbons (Fsp3) is 0.529. The Morgan fingerprint density at radius 2 is 1.79 bits per heavy atom. The molecular weight excluding hydrogens is 323 g/mol. The third-order valence-corrected chi connectivity index (χ3v) is 4.35. The van der Waals surface area contributed by atoms with E-state index in [1.165, 1.54) is 6.07 Å². The second-order valence-corrected chi connectivity index (χ2v) is 6.36. The third-order valence-electron chi connectivity index (χ3n) is 4.35. The molecule has 7 heteroatoms. The molecule has 1 saturated heterocycles. The van der Waals surface area contributed by atoms with E-state index < -0.39 is 17.7 Å². The Kier molecular flexibility index (Phi) is 5.20. The zero-order valence-electron chi connectivity index (χ0n) is 13.6. The van der Waals surface area contributed by atoms with E-state index in [0.717, 1.165) is 6.07 Å². The number of aromatic carboxylic acids is 1. The largest absolute Gasteiger partial charge is 0.478 e. The molecule has 1 N–H and O–H groups in total. The van der Waals surface area contributed by atoms with E-state index in [-0.39, 0.29) is 23.3 Å². The fourth-order valence-electron chi connectivity index (χ4n) is 3.05. The van der Waals surface area contributed by atoms with Gasteiger partial charge in [0.1, 0.15) is 0 Å². The van der Waals surface area contributed by atoms with Gasteiger partial charge in [0.05, 0.1) is 11.1 Å². The molecule has 2 rings (SSSR count). The van der Waals surface area contributed by atoms with Crippen LogP contribution in [0.25, 0.3) is 0 Å². The topological polar surface area (TPSA) is 57.6 Å². The van der Waals surface area contributed by atoms with Gasteiger partial charge in [-0.15, -0.1) is 0 Å². The second kappa shape index (κ2) is 6.83. The van der Waals surface area contributed by atoms with Crippen molar-refractivity contribution >= 4 is 11.9 Å². The molecule has 0 radical (unpaired) electrons. The Morgan fingerprint density at radius 1 is 1.21 bits per heavy atom. The molecule has 1 aliphatic rings. The van der Waals surface area contributed by atoms with Crippen molar-refractivity contribution in [1.29, 1.82) is 0 Å². The number of hydrogen-bond acceptors (Lipinski definition) is 2. The molecule has 0 aromatic heterocycles. The fourth-order valence-corrected chi connectivity index (χ4v) is 3.05. The molecule has 0 bridgehead atoms. The van der Waals surface area contributed by atoms with E-state index >= 15 is 0 Å². The van der Waals surface area contributed by atoms with Crippen molar-refractivity contribution in [3.8, 4) is 0 Å². The van der Waals surface area contributed by atoms with Crippen molar-refractivity contribution in [1.82, 2.24) is 4.90 Å². The Balaban J connectivity index is 2.21. The van der Waals surface area contributed by atoms with Crippen molar-refractivity contribution in [2.45, 2.75) is 38.8 Å². The highest BCUT2D eigenvalue weighted by molar-refractivity contribution is 5.90. The van der Waals surface area contributed by atoms with Crippen LogP contribution >= 0.6 is 0 Å². The second-order valence-electron chi connectivity index (χ2n) is 6.36. The van der Waals surface area contributed by atoms with Crippen LogP contribution in [0.1, 0.15) is 54.1 Å². The summed E-state index contributed by atoms with van der Waals surface area (Å²) in [6.07, 6.45) is -3.48. The van der Waals surface area contributed by atoms with Crippen molar-refractivity contribution < 1.29 is 27.9 Å². The molecule has 1 aliphatic heterocycles. The average molecular weight is 343 g/mol. The summed E-state index contributed by atoms with van der Waals surface area (Å²) < 4.78 is 38.4. The Hall–Kier alpha value is -2.05. The minimum Gasteiger partial charge on any atom is -0.478 e. The number of hydrogen-bond donors (Lipinski definition) is 1. The van der Waals surface area contributed by atoms with E-state index in [2.05, 4.69) is 0 Å². The van der Waals surface area contributed by atoms with Crippen LogP contribution in [0.2, 0.25) is 0 Å². The lowest BCUT2D eigenvalue weighted by Gasteiger charge is -2.33. The number of amides is 1. The van der Waals surface area contributed by atoms with E-state index in [1.807, 2.05) is 13.8 Å². The number of carboxylic acid groups (broad SMARTS) is 1. The Morgan fingerprint density at radius 3 is 2.25 bits per heavy atom. The zero-order chi connectivity index (χ0) is 18.1. The number of carbonyl (C=O) groups excluding carboxylic acids is 1. The van der Waals surface area contributed by atoms with Gasteiger partial charge in [-0.25, -0.2) is 4.79 Å². The number of halogens is 3. The monoisotopic (exact) mass is 343 g/mol. The average Bonchev–Trinajstić information content (AvgIpc) is 2.52. The Bertz CT molecular complexity index is 632. The molecule has 1 fully saturated rings. The number of rotatable bonds is 3. The maximum Gasteiger partial charge on any atom is 0.416 e. The van der Waals surface area contributed by atoms with Crippen LogP contribution in [0, 0.1) is 5.92 Å². The van der Waals surface area contributed by atoms with Gasteiger partial charge in [-0.1, -0.05) is 19.9 Å². The summed E-state index contributed by atoms with van der Waals surface area (Å²) in [7, 11) is 0. The van der Waals surface area contributed by atoms with E-state index in [9.17, 15) is 27.9 Å². The first-order valence-corrected chi connectivity index (χ1v) is 7.84. The van der Waals surface area contributed by atoms with E-state index in [0.29, 0.717) is 37.6 Å². The van der Waals surface area contributed by atoms with Gasteiger partial charge in [0.2, 0.25) is 5.91 Å². The van der Waals surface area contributed by atoms with Crippen LogP contribution in [0.5, 0.6) is 0 Å². The van der Waals surface area contributed by atoms with Crippen molar-refractivity contribution in [3.05, 3.63) is 34.9 Å². The number of piperidine rings is 1. The highest BCUT2D eigenvalue weighted by Gasteiger charge is 2.33. The minimum absolute atomic E-state index is 0.0410. The predicted octanol–water partition coefficient (Wildman–Crippen LogP) is 3.77. The lowest BCUT2D eigenvalue weighted by atomic mass is 9.85. The molecule has 4 nitrogen and oxygen atoms in total. The predicted molar refractivity (Wildman–Crippen MR) is 81.8 cm³/mol. The normalized spacial score (nSPS) is 16.5. The first-order chi connectivity index (χ1) is 11.1. The summed E-state index contributed by atoms with van der Waals surface area (Å²) in [6.45, 7) is 4.60. The van der Waals surface area contributed by atoms with Gasteiger partial charge in [-0.3, -0.25) is 4.79 Å². The zero-order valence-corrected chi connectivity index (χ0v) is 13.6. The molecule has 1 aromatic carbocycles. The molecule has 132 valence electrons.